The molecular weight excluding hydrogens is 402 g/mol. The van der Waals surface area contributed by atoms with Crippen molar-refractivity contribution in [2.75, 3.05) is 14.2 Å². The first kappa shape index (κ1) is 21.7. The molecule has 2 fully saturated rings. The van der Waals surface area contributed by atoms with E-state index in [0.29, 0.717) is 12.1 Å². The van der Waals surface area contributed by atoms with Crippen LogP contribution in [0.15, 0.2) is 36.4 Å². The van der Waals surface area contributed by atoms with Crippen LogP contribution in [0.4, 0.5) is 0 Å². The van der Waals surface area contributed by atoms with Crippen molar-refractivity contribution in [1.82, 2.24) is 4.90 Å². The minimum atomic E-state index is -0.324. The Morgan fingerprint density at radius 1 is 0.781 bits per heavy atom. The number of hydrogen-bond acceptors (Lipinski definition) is 5. The van der Waals surface area contributed by atoms with Crippen LogP contribution < -0.4 is 9.47 Å². The van der Waals surface area contributed by atoms with Gasteiger partial charge in [-0.2, -0.15) is 0 Å². The predicted octanol–water partition coefficient (Wildman–Crippen LogP) is 4.49. The van der Waals surface area contributed by atoms with Gasteiger partial charge in [0.1, 0.15) is 11.5 Å². The molecule has 0 radical (unpaired) electrons. The number of hydrogen-bond donors (Lipinski definition) is 2. The van der Waals surface area contributed by atoms with Crippen LogP contribution in [0.3, 0.4) is 0 Å². The molecule has 2 aromatic rings. The maximum atomic E-state index is 11.0. The second kappa shape index (κ2) is 9.05. The first-order valence-electron chi connectivity index (χ1n) is 12.1. The summed E-state index contributed by atoms with van der Waals surface area (Å²) in [6.07, 6.45) is 6.74. The van der Waals surface area contributed by atoms with Gasteiger partial charge in [0.15, 0.2) is 0 Å². The zero-order valence-corrected chi connectivity index (χ0v) is 19.2. The molecule has 2 N–H and O–H groups in total. The van der Waals surface area contributed by atoms with Crippen molar-refractivity contribution in [3.05, 3.63) is 47.5 Å². The topological polar surface area (TPSA) is 62.2 Å². The van der Waals surface area contributed by atoms with Crippen molar-refractivity contribution in [3.8, 4) is 22.6 Å². The molecule has 172 valence electrons. The van der Waals surface area contributed by atoms with Crippen LogP contribution in [-0.2, 0) is 6.42 Å². The summed E-state index contributed by atoms with van der Waals surface area (Å²) in [4.78, 5) is 2.63. The van der Waals surface area contributed by atoms with Crippen LogP contribution in [0.25, 0.3) is 11.1 Å². The van der Waals surface area contributed by atoms with Gasteiger partial charge < -0.3 is 19.7 Å². The molecule has 5 rings (SSSR count). The largest absolute Gasteiger partial charge is 0.496 e. The number of rotatable bonds is 2. The van der Waals surface area contributed by atoms with E-state index in [1.807, 2.05) is 6.07 Å². The highest BCUT2D eigenvalue weighted by molar-refractivity contribution is 5.77. The Morgan fingerprint density at radius 2 is 1.44 bits per heavy atom. The Hall–Kier alpha value is -2.08. The number of fused-ring (bicyclic) bond motifs is 6. The van der Waals surface area contributed by atoms with Crippen LogP contribution in [0.1, 0.15) is 62.1 Å². The number of benzene rings is 2. The van der Waals surface area contributed by atoms with Gasteiger partial charge in [0.2, 0.25) is 0 Å². The maximum absolute atomic E-state index is 11.0. The molecule has 0 aromatic heterocycles. The zero-order valence-electron chi connectivity index (χ0n) is 19.2. The van der Waals surface area contributed by atoms with Gasteiger partial charge in [-0.15, -0.1) is 0 Å². The summed E-state index contributed by atoms with van der Waals surface area (Å²) in [5.41, 5.74) is 4.44. The fourth-order valence-electron chi connectivity index (χ4n) is 6.30. The third-order valence-electron chi connectivity index (χ3n) is 7.79. The monoisotopic (exact) mass is 437 g/mol. The predicted molar refractivity (Wildman–Crippen MR) is 125 cm³/mol. The lowest BCUT2D eigenvalue weighted by molar-refractivity contribution is -0.0599. The van der Waals surface area contributed by atoms with Crippen LogP contribution in [0.5, 0.6) is 11.5 Å². The van der Waals surface area contributed by atoms with Gasteiger partial charge in [0.05, 0.1) is 26.4 Å². The third kappa shape index (κ3) is 4.02. The third-order valence-corrected chi connectivity index (χ3v) is 7.79. The molecule has 0 saturated carbocycles. The highest BCUT2D eigenvalue weighted by atomic mass is 16.5. The van der Waals surface area contributed by atoms with Gasteiger partial charge in [0.25, 0.3) is 0 Å². The van der Waals surface area contributed by atoms with E-state index in [1.165, 1.54) is 17.5 Å². The molecule has 3 aliphatic heterocycles. The van der Waals surface area contributed by atoms with E-state index in [4.69, 9.17) is 9.47 Å². The average Bonchev–Trinajstić information content (AvgIpc) is 2.81. The number of methoxy groups -OCH3 is 2. The summed E-state index contributed by atoms with van der Waals surface area (Å²) in [6, 6.07) is 13.6. The molecule has 4 bridgehead atoms. The molecule has 0 spiro atoms. The second-order valence-corrected chi connectivity index (χ2v) is 9.75. The Labute approximate surface area is 191 Å². The first-order chi connectivity index (χ1) is 15.6. The molecule has 5 nitrogen and oxygen atoms in total. The van der Waals surface area contributed by atoms with Crippen LogP contribution in [0, 0.1) is 0 Å². The molecule has 32 heavy (non-hydrogen) atoms. The molecule has 5 heteroatoms. The number of piperidine rings is 2. The summed E-state index contributed by atoms with van der Waals surface area (Å²) in [6.45, 7) is 0. The second-order valence-electron chi connectivity index (χ2n) is 9.75. The number of nitrogens with zero attached hydrogens (tertiary/aromatic N) is 1. The Balaban J connectivity index is 1.68. The van der Waals surface area contributed by atoms with Crippen LogP contribution in [-0.4, -0.2) is 53.6 Å². The van der Waals surface area contributed by atoms with E-state index in [2.05, 4.69) is 35.2 Å². The van der Waals surface area contributed by atoms with Crippen molar-refractivity contribution in [2.45, 2.75) is 81.7 Å². The summed E-state index contributed by atoms with van der Waals surface area (Å²) < 4.78 is 11.5. The van der Waals surface area contributed by atoms with Gasteiger partial charge in [0, 0.05) is 29.3 Å². The standard InChI is InChI=1S/C27H35NO4/c1-31-26-10-7-17-6-9-21(29)14-19-4-3-5-20-15-22(30)16-25(28(19)20)18-8-11-27(32-2)24(13-18)23(26)12-17/h7-8,10-13,19-22,25,29-30H,3-6,9,14-16H2,1-2H3/t19-,20+,21-,22+,25+/m0/s1. The van der Waals surface area contributed by atoms with Crippen LogP contribution in [0.2, 0.25) is 0 Å². The summed E-state index contributed by atoms with van der Waals surface area (Å²) in [7, 11) is 3.41. The molecule has 2 saturated heterocycles. The van der Waals surface area contributed by atoms with E-state index >= 15 is 0 Å². The van der Waals surface area contributed by atoms with Crippen molar-refractivity contribution < 1.29 is 19.7 Å². The van der Waals surface area contributed by atoms with E-state index in [0.717, 1.165) is 67.6 Å². The summed E-state index contributed by atoms with van der Waals surface area (Å²) >= 11 is 0. The van der Waals surface area contributed by atoms with E-state index in [1.54, 1.807) is 14.2 Å². The van der Waals surface area contributed by atoms with Gasteiger partial charge >= 0.3 is 0 Å². The fourth-order valence-corrected chi connectivity index (χ4v) is 6.30. The van der Waals surface area contributed by atoms with Crippen molar-refractivity contribution in [3.63, 3.8) is 0 Å². The summed E-state index contributed by atoms with van der Waals surface area (Å²) in [5.74, 6) is 1.64. The van der Waals surface area contributed by atoms with Crippen molar-refractivity contribution in [2.24, 2.45) is 0 Å². The van der Waals surface area contributed by atoms with E-state index in [9.17, 15) is 10.2 Å². The van der Waals surface area contributed by atoms with Gasteiger partial charge in [-0.3, -0.25) is 4.90 Å². The van der Waals surface area contributed by atoms with E-state index < -0.39 is 0 Å². The first-order valence-corrected chi connectivity index (χ1v) is 12.1. The molecule has 2 aromatic carbocycles. The highest BCUT2D eigenvalue weighted by Gasteiger charge is 2.42. The minimum Gasteiger partial charge on any atom is -0.496 e. The van der Waals surface area contributed by atoms with E-state index in [-0.39, 0.29) is 18.2 Å². The molecular formula is C27H35NO4. The van der Waals surface area contributed by atoms with Crippen LogP contribution >= 0.6 is 0 Å². The number of aryl methyl sites for hydroxylation is 1. The SMILES string of the molecule is COc1ccc2cc1-c1cc(ccc1OC)[C@H]1C[C@H](O)C[C@H]3CCC[C@@H](C[C@@H](O)CC2)N31. The fraction of sp³-hybridized carbons (Fsp3) is 0.556. The number of aliphatic hydroxyl groups is 2. The number of ether oxygens (including phenoxy) is 2. The molecule has 3 heterocycles. The lowest BCUT2D eigenvalue weighted by Gasteiger charge is -2.51. The molecule has 0 aliphatic carbocycles. The number of aliphatic hydroxyl groups excluding tert-OH is 2. The normalized spacial score (nSPS) is 30.3. The quantitative estimate of drug-likeness (QED) is 0.725. The molecule has 5 atom stereocenters. The average molecular weight is 438 g/mol. The Morgan fingerprint density at radius 3 is 2.16 bits per heavy atom. The highest BCUT2D eigenvalue weighted by Crippen LogP contribution is 2.45. The van der Waals surface area contributed by atoms with Crippen molar-refractivity contribution >= 4 is 0 Å². The molecule has 0 amide bonds. The Bertz CT molecular complexity index is 961. The lowest BCUT2D eigenvalue weighted by atomic mass is 9.80. The maximum Gasteiger partial charge on any atom is 0.126 e. The Kier molecular flexibility index (Phi) is 6.15. The van der Waals surface area contributed by atoms with Gasteiger partial charge in [-0.25, -0.2) is 0 Å². The van der Waals surface area contributed by atoms with Crippen molar-refractivity contribution in [1.29, 1.82) is 0 Å². The molecule has 3 aliphatic rings. The van der Waals surface area contributed by atoms with Gasteiger partial charge in [-0.05, 0) is 80.3 Å². The van der Waals surface area contributed by atoms with Gasteiger partial charge in [-0.1, -0.05) is 18.6 Å². The smallest absolute Gasteiger partial charge is 0.126 e. The minimum absolute atomic E-state index is 0.140. The lowest BCUT2D eigenvalue weighted by Crippen LogP contribution is -2.54. The summed E-state index contributed by atoms with van der Waals surface area (Å²) in [5, 5.41) is 21.7. The zero-order chi connectivity index (χ0) is 22.2. The molecule has 0 unspecified atom stereocenters.